The van der Waals surface area contributed by atoms with Crippen molar-refractivity contribution in [3.63, 3.8) is 0 Å². The lowest BCUT2D eigenvalue weighted by Crippen LogP contribution is -2.47. The Kier molecular flexibility index (Phi) is 2.37. The van der Waals surface area contributed by atoms with E-state index in [0.717, 1.165) is 19.1 Å². The molecule has 20 heavy (non-hydrogen) atoms. The molecule has 1 aliphatic heterocycles. The molecule has 0 aromatic heterocycles. The van der Waals surface area contributed by atoms with Crippen LogP contribution in [-0.2, 0) is 20.9 Å². The van der Waals surface area contributed by atoms with Gasteiger partial charge in [0.25, 0.3) is 0 Å². The van der Waals surface area contributed by atoms with Gasteiger partial charge in [0.05, 0.1) is 2.74 Å². The highest BCUT2D eigenvalue weighted by atomic mass is 19.1. The molecule has 1 heterocycles. The molecule has 1 fully saturated rings. The number of halogens is 1. The lowest BCUT2D eigenvalue weighted by Gasteiger charge is -2.21. The molecule has 2 rings (SSSR count). The fraction of sp³-hybridized carbons (Fsp3) is 0.357. The van der Waals surface area contributed by atoms with Crippen LogP contribution < -0.4 is 5.32 Å². The van der Waals surface area contributed by atoms with Crippen molar-refractivity contribution in [3.8, 4) is 0 Å². The summed E-state index contributed by atoms with van der Waals surface area (Å²) in [6.45, 7) is -1.67. The fourth-order valence-corrected chi connectivity index (χ4v) is 1.58. The molecule has 6 heteroatoms. The molecule has 1 saturated heterocycles. The topological polar surface area (TPSA) is 66.5 Å². The van der Waals surface area contributed by atoms with Crippen LogP contribution in [0.15, 0.2) is 24.3 Å². The highest BCUT2D eigenvalue weighted by Crippen LogP contribution is 2.15. The van der Waals surface area contributed by atoms with Crippen LogP contribution in [0.4, 0.5) is 4.39 Å². The summed E-state index contributed by atoms with van der Waals surface area (Å²) in [4.78, 5) is 36.5. The van der Waals surface area contributed by atoms with Gasteiger partial charge < -0.3 is 5.32 Å². The van der Waals surface area contributed by atoms with Crippen molar-refractivity contribution in [2.45, 2.75) is 32.2 Å². The van der Waals surface area contributed by atoms with Gasteiger partial charge in [-0.15, -0.1) is 0 Å². The maximum Gasteiger partial charge on any atom is 0.243 e. The number of rotatable bonds is 4. The minimum atomic E-state index is -3.16. The monoisotopic (exact) mass is 284 g/mol. The zero-order chi connectivity index (χ0) is 20.1. The van der Waals surface area contributed by atoms with Crippen molar-refractivity contribution in [3.05, 3.63) is 35.6 Å². The zero-order valence-corrected chi connectivity index (χ0v) is 10.4. The molecule has 3 amide bonds. The van der Waals surface area contributed by atoms with Gasteiger partial charge in [0, 0.05) is 30.3 Å². The minimum Gasteiger partial charge on any atom is -0.350 e. The third-order valence-corrected chi connectivity index (χ3v) is 2.67. The van der Waals surface area contributed by atoms with Crippen LogP contribution >= 0.6 is 0 Å². The lowest BCUT2D eigenvalue weighted by molar-refractivity contribution is -0.146. The second-order valence-electron chi connectivity index (χ2n) is 4.00. The predicted octanol–water partition coefficient (Wildman–Crippen LogP) is 0.979. The molecule has 106 valence electrons. The largest absolute Gasteiger partial charge is 0.350 e. The first-order valence-corrected chi connectivity index (χ1v) is 5.70. The SMILES string of the molecule is [2H]C([2H])(NC(=O)C(C)N1C(=O)C([2H])([2H])C([2H])([2H])C1=O)c1ccccc1F. The van der Waals surface area contributed by atoms with Crippen molar-refractivity contribution in [2.24, 2.45) is 0 Å². The minimum absolute atomic E-state index is 0.118. The Morgan fingerprint density at radius 1 is 1.45 bits per heavy atom. The maximum atomic E-state index is 13.8. The molecule has 0 aliphatic carbocycles. The molecular weight excluding hydrogens is 263 g/mol. The first-order chi connectivity index (χ1) is 11.7. The molecule has 1 N–H and O–H groups in total. The van der Waals surface area contributed by atoms with Crippen LogP contribution in [0.2, 0.25) is 0 Å². The van der Waals surface area contributed by atoms with E-state index in [0.29, 0.717) is 0 Å². The summed E-state index contributed by atoms with van der Waals surface area (Å²) in [5, 5.41) is 1.85. The van der Waals surface area contributed by atoms with Crippen molar-refractivity contribution in [1.29, 1.82) is 0 Å². The van der Waals surface area contributed by atoms with Gasteiger partial charge in [-0.2, -0.15) is 0 Å². The smallest absolute Gasteiger partial charge is 0.243 e. The van der Waals surface area contributed by atoms with E-state index in [1.54, 1.807) is 0 Å². The third kappa shape index (κ3) is 2.84. The number of amides is 3. The highest BCUT2D eigenvalue weighted by Gasteiger charge is 2.35. The quantitative estimate of drug-likeness (QED) is 0.838. The summed E-state index contributed by atoms with van der Waals surface area (Å²) in [5.74, 6) is -5.22. The Morgan fingerprint density at radius 2 is 2.05 bits per heavy atom. The van der Waals surface area contributed by atoms with Gasteiger partial charge in [-0.05, 0) is 13.0 Å². The summed E-state index contributed by atoms with van der Waals surface area (Å²) in [6.07, 6.45) is -6.33. The number of hydrogen-bond acceptors (Lipinski definition) is 3. The van der Waals surface area contributed by atoms with Crippen molar-refractivity contribution < 1.29 is 27.0 Å². The maximum absolute atomic E-state index is 13.8. The number of carbonyl (C=O) groups excluding carboxylic acids is 3. The third-order valence-electron chi connectivity index (χ3n) is 2.67. The highest BCUT2D eigenvalue weighted by molar-refractivity contribution is 6.05. The van der Waals surface area contributed by atoms with E-state index >= 15 is 0 Å². The number of nitrogens with zero attached hydrogens (tertiary/aromatic N) is 1. The van der Waals surface area contributed by atoms with E-state index < -0.39 is 54.4 Å². The average Bonchev–Trinajstić information content (AvgIpc) is 2.64. The van der Waals surface area contributed by atoms with Crippen molar-refractivity contribution in [1.82, 2.24) is 10.2 Å². The summed E-state index contributed by atoms with van der Waals surface area (Å²) in [5.41, 5.74) is -0.481. The molecule has 0 radical (unpaired) electrons. The molecule has 1 atom stereocenters. The Labute approximate surface area is 124 Å². The fourth-order valence-electron chi connectivity index (χ4n) is 1.58. The Bertz CT molecular complexity index is 760. The van der Waals surface area contributed by atoms with Gasteiger partial charge in [0.15, 0.2) is 0 Å². The summed E-state index contributed by atoms with van der Waals surface area (Å²) >= 11 is 0. The molecule has 0 spiro atoms. The van der Waals surface area contributed by atoms with Gasteiger partial charge in [-0.3, -0.25) is 19.3 Å². The van der Waals surface area contributed by atoms with E-state index in [1.807, 2.05) is 5.32 Å². The first-order valence-electron chi connectivity index (χ1n) is 8.70. The van der Waals surface area contributed by atoms with Crippen LogP contribution in [0, 0.1) is 5.82 Å². The summed E-state index contributed by atoms with van der Waals surface area (Å²) in [6, 6.07) is 3.06. The summed E-state index contributed by atoms with van der Waals surface area (Å²) < 4.78 is 59.2. The summed E-state index contributed by atoms with van der Waals surface area (Å²) in [7, 11) is 0. The number of nitrogens with one attached hydrogen (secondary N) is 1. The van der Waals surface area contributed by atoms with Gasteiger partial charge in [-0.25, -0.2) is 4.39 Å². The van der Waals surface area contributed by atoms with Crippen LogP contribution in [0.5, 0.6) is 0 Å². The molecule has 5 nitrogen and oxygen atoms in total. The lowest BCUT2D eigenvalue weighted by atomic mass is 10.2. The molecule has 1 aromatic carbocycles. The van der Waals surface area contributed by atoms with Gasteiger partial charge >= 0.3 is 0 Å². The molecule has 1 unspecified atom stereocenters. The van der Waals surface area contributed by atoms with Gasteiger partial charge in [0.1, 0.15) is 11.9 Å². The molecule has 1 aliphatic rings. The number of carbonyl (C=O) groups is 3. The molecule has 1 aromatic rings. The van der Waals surface area contributed by atoms with E-state index in [-0.39, 0.29) is 4.90 Å². The van der Waals surface area contributed by atoms with E-state index in [1.165, 1.54) is 12.1 Å². The van der Waals surface area contributed by atoms with Crippen LogP contribution in [-0.4, -0.2) is 28.7 Å². The zero-order valence-electron chi connectivity index (χ0n) is 16.4. The second kappa shape index (κ2) is 5.81. The number of likely N-dealkylation sites (tertiary alicyclic amines) is 1. The standard InChI is InChI=1S/C14H15FN2O3/c1-9(17-12(18)6-7-13(17)19)14(20)16-8-10-4-2-3-5-11(10)15/h2-5,9H,6-8H2,1H3,(H,16,20)/i6D2,7D2,8D2. The molecule has 0 bridgehead atoms. The number of benzene rings is 1. The van der Waals surface area contributed by atoms with Crippen molar-refractivity contribution in [2.75, 3.05) is 0 Å². The second-order valence-corrected chi connectivity index (χ2v) is 4.00. The van der Waals surface area contributed by atoms with E-state index in [2.05, 4.69) is 0 Å². The van der Waals surface area contributed by atoms with Gasteiger partial charge in [0.2, 0.25) is 17.7 Å². The van der Waals surface area contributed by atoms with Crippen LogP contribution in [0.3, 0.4) is 0 Å². The first kappa shape index (κ1) is 8.14. The van der Waals surface area contributed by atoms with Crippen LogP contribution in [0.1, 0.15) is 33.5 Å². The van der Waals surface area contributed by atoms with Crippen molar-refractivity contribution >= 4 is 17.7 Å². The van der Waals surface area contributed by atoms with Crippen LogP contribution in [0.25, 0.3) is 0 Å². The predicted molar refractivity (Wildman–Crippen MR) is 68.8 cm³/mol. The Morgan fingerprint density at radius 3 is 2.65 bits per heavy atom. The van der Waals surface area contributed by atoms with Gasteiger partial charge in [-0.1, -0.05) is 18.2 Å². The number of hydrogen-bond donors (Lipinski definition) is 1. The molecular formula is C14H15FN2O3. The molecule has 0 saturated carbocycles. The number of imide groups is 1. The Hall–Kier alpha value is -2.24. The average molecular weight is 284 g/mol. The Balaban J connectivity index is 2.27. The van der Waals surface area contributed by atoms with E-state index in [4.69, 9.17) is 8.22 Å². The normalized spacial score (nSPS) is 26.6. The van der Waals surface area contributed by atoms with E-state index in [9.17, 15) is 18.8 Å².